The lowest BCUT2D eigenvalue weighted by Gasteiger charge is -2.18. The van der Waals surface area contributed by atoms with Crippen LogP contribution in [-0.4, -0.2) is 30.6 Å². The van der Waals surface area contributed by atoms with Crippen LogP contribution in [0.2, 0.25) is 0 Å². The molecular weight excluding hydrogens is 485 g/mol. The number of carbonyl (C=O) groups is 1. The Morgan fingerprint density at radius 1 is 1.12 bits per heavy atom. The smallest absolute Gasteiger partial charge is 0.389 e. The molecule has 2 aromatic rings. The van der Waals surface area contributed by atoms with Gasteiger partial charge < -0.3 is 5.11 Å². The van der Waals surface area contributed by atoms with E-state index in [1.165, 1.54) is 11.3 Å². The fraction of sp³-hybridized carbons (Fsp3) is 0.450. The largest absolute Gasteiger partial charge is 0.481 e. The zero-order valence-electron chi connectivity index (χ0n) is 17.4. The average Bonchev–Trinajstić information content (AvgIpc) is 3.18. The Kier molecular flexibility index (Phi) is 9.37. The lowest BCUT2D eigenvalue weighted by atomic mass is 10.1. The van der Waals surface area contributed by atoms with Crippen LogP contribution in [0.1, 0.15) is 54.3 Å². The number of nitro groups is 1. The van der Waals surface area contributed by atoms with Crippen LogP contribution in [0.15, 0.2) is 41.3 Å². The minimum Gasteiger partial charge on any atom is -0.481 e. The van der Waals surface area contributed by atoms with Crippen LogP contribution in [0.25, 0.3) is 0 Å². The Morgan fingerprint density at radius 3 is 2.36 bits per heavy atom. The Bertz CT molecular complexity index is 1050. The fourth-order valence-electron chi connectivity index (χ4n) is 3.07. The normalized spacial score (nSPS) is 13.1. The van der Waals surface area contributed by atoms with Gasteiger partial charge in [-0.3, -0.25) is 14.9 Å². The summed E-state index contributed by atoms with van der Waals surface area (Å²) in [5.74, 6) is -0.926. The first-order chi connectivity index (χ1) is 15.4. The number of carboxylic acids is 1. The zero-order chi connectivity index (χ0) is 24.6. The molecule has 0 aliphatic heterocycles. The predicted octanol–water partition coefficient (Wildman–Crippen LogP) is 5.21. The summed E-state index contributed by atoms with van der Waals surface area (Å²) in [6.07, 6.45) is -4.31. The molecule has 0 bridgehead atoms. The van der Waals surface area contributed by atoms with E-state index in [0.29, 0.717) is 17.7 Å². The topological polar surface area (TPSA) is 127 Å². The third-order valence-corrected chi connectivity index (χ3v) is 7.44. The molecule has 0 amide bonds. The maximum absolute atomic E-state index is 12.8. The fourth-order valence-corrected chi connectivity index (χ4v) is 5.53. The number of aliphatic carboxylic acids is 1. The molecule has 182 valence electrons. The van der Waals surface area contributed by atoms with E-state index < -0.39 is 39.6 Å². The van der Waals surface area contributed by atoms with Crippen molar-refractivity contribution in [1.82, 2.24) is 4.72 Å². The highest BCUT2D eigenvalue weighted by atomic mass is 32.2. The molecule has 0 radical (unpaired) electrons. The number of nitrogens with zero attached hydrogens (tertiary/aromatic N) is 1. The lowest BCUT2D eigenvalue weighted by Crippen LogP contribution is -2.28. The zero-order valence-corrected chi connectivity index (χ0v) is 19.0. The molecule has 1 aromatic carbocycles. The van der Waals surface area contributed by atoms with Crippen molar-refractivity contribution in [3.63, 3.8) is 0 Å². The number of unbranched alkanes of at least 4 members (excludes halogenated alkanes) is 1. The van der Waals surface area contributed by atoms with Crippen molar-refractivity contribution in [1.29, 1.82) is 0 Å². The first kappa shape index (κ1) is 26.7. The first-order valence-electron chi connectivity index (χ1n) is 10.0. The van der Waals surface area contributed by atoms with Crippen LogP contribution >= 0.6 is 11.3 Å². The second kappa shape index (κ2) is 11.6. The molecule has 33 heavy (non-hydrogen) atoms. The van der Waals surface area contributed by atoms with Crippen LogP contribution in [0, 0.1) is 10.1 Å². The molecule has 0 aliphatic rings. The van der Waals surface area contributed by atoms with Crippen LogP contribution in [0.3, 0.4) is 0 Å². The van der Waals surface area contributed by atoms with Gasteiger partial charge in [-0.25, -0.2) is 13.1 Å². The molecule has 1 aromatic heterocycles. The summed E-state index contributed by atoms with van der Waals surface area (Å²) in [6, 6.07) is 6.91. The summed E-state index contributed by atoms with van der Waals surface area (Å²) in [5.41, 5.74) is -0.276. The summed E-state index contributed by atoms with van der Waals surface area (Å²) in [7, 11) is -4.10. The van der Waals surface area contributed by atoms with E-state index in [4.69, 9.17) is 5.11 Å². The number of nitro benzene ring substituents is 1. The number of nitrogens with one attached hydrogen (secondary N) is 1. The number of sulfonamides is 1. The summed E-state index contributed by atoms with van der Waals surface area (Å²) in [6.45, 7) is 0. The van der Waals surface area contributed by atoms with Crippen molar-refractivity contribution in [3.8, 4) is 0 Å². The van der Waals surface area contributed by atoms with E-state index in [-0.39, 0.29) is 36.3 Å². The highest BCUT2D eigenvalue weighted by Crippen LogP contribution is 2.31. The van der Waals surface area contributed by atoms with Crippen molar-refractivity contribution in [2.45, 2.75) is 62.1 Å². The van der Waals surface area contributed by atoms with E-state index in [9.17, 15) is 36.5 Å². The lowest BCUT2D eigenvalue weighted by molar-refractivity contribution is -0.384. The van der Waals surface area contributed by atoms with Gasteiger partial charge >= 0.3 is 12.1 Å². The standard InChI is InChI=1S/C20H23F3N2O6S2/c21-20(22,23)13-2-1-5-17(18-12-9-15(32-18)4-3-6-19(26)27)24-33(30,31)16-10-7-14(8-11-16)25(28)29/h7-12,17,24H,1-6,13H2,(H,26,27). The number of hydrogen-bond donors (Lipinski definition) is 2. The molecule has 2 rings (SSSR count). The van der Waals surface area contributed by atoms with Gasteiger partial charge in [-0.15, -0.1) is 11.3 Å². The molecular formula is C20H23F3N2O6S2. The molecule has 2 N–H and O–H groups in total. The highest BCUT2D eigenvalue weighted by molar-refractivity contribution is 7.89. The highest BCUT2D eigenvalue weighted by Gasteiger charge is 2.27. The van der Waals surface area contributed by atoms with Crippen molar-refractivity contribution < 1.29 is 36.4 Å². The molecule has 0 aliphatic carbocycles. The van der Waals surface area contributed by atoms with Crippen LogP contribution < -0.4 is 4.72 Å². The summed E-state index contributed by atoms with van der Waals surface area (Å²) < 4.78 is 65.5. The number of benzene rings is 1. The van der Waals surface area contributed by atoms with Gasteiger partial charge in [0.1, 0.15) is 0 Å². The maximum Gasteiger partial charge on any atom is 0.389 e. The minimum absolute atomic E-state index is 0.0130. The van der Waals surface area contributed by atoms with Gasteiger partial charge in [0.05, 0.1) is 15.9 Å². The Balaban J connectivity index is 2.16. The number of halogens is 3. The van der Waals surface area contributed by atoms with Gasteiger partial charge in [0, 0.05) is 34.7 Å². The van der Waals surface area contributed by atoms with Gasteiger partial charge in [0.2, 0.25) is 10.0 Å². The molecule has 0 spiro atoms. The number of thiophene rings is 1. The molecule has 1 heterocycles. The second-order valence-corrected chi connectivity index (χ2v) is 10.3. The summed E-state index contributed by atoms with van der Waals surface area (Å²) in [5, 5.41) is 19.5. The average molecular weight is 509 g/mol. The number of carboxylic acid groups (broad SMARTS) is 1. The van der Waals surface area contributed by atoms with E-state index >= 15 is 0 Å². The summed E-state index contributed by atoms with van der Waals surface area (Å²) >= 11 is 1.27. The Hall–Kier alpha value is -2.51. The van der Waals surface area contributed by atoms with Crippen molar-refractivity contribution in [3.05, 3.63) is 56.3 Å². The number of hydrogen-bond acceptors (Lipinski definition) is 6. The van der Waals surface area contributed by atoms with E-state index in [0.717, 1.165) is 29.1 Å². The van der Waals surface area contributed by atoms with Crippen LogP contribution in [-0.2, 0) is 21.2 Å². The van der Waals surface area contributed by atoms with E-state index in [1.807, 2.05) is 0 Å². The SMILES string of the molecule is O=C(O)CCCc1ccc(C(CCCCC(F)(F)F)NS(=O)(=O)c2ccc([N+](=O)[O-])cc2)s1. The van der Waals surface area contributed by atoms with Crippen LogP contribution in [0.5, 0.6) is 0 Å². The Labute approximate surface area is 192 Å². The van der Waals surface area contributed by atoms with Crippen LogP contribution in [0.4, 0.5) is 18.9 Å². The third kappa shape index (κ3) is 9.10. The van der Waals surface area contributed by atoms with Gasteiger partial charge in [-0.1, -0.05) is 6.42 Å². The van der Waals surface area contributed by atoms with E-state index in [1.54, 1.807) is 12.1 Å². The number of non-ortho nitro benzene ring substituents is 1. The van der Waals surface area contributed by atoms with Gasteiger partial charge in [0.25, 0.3) is 5.69 Å². The van der Waals surface area contributed by atoms with Gasteiger partial charge in [-0.05, 0) is 49.9 Å². The number of aryl methyl sites for hydroxylation is 1. The molecule has 1 atom stereocenters. The maximum atomic E-state index is 12.8. The first-order valence-corrected chi connectivity index (χ1v) is 12.3. The van der Waals surface area contributed by atoms with Crippen molar-refractivity contribution in [2.75, 3.05) is 0 Å². The van der Waals surface area contributed by atoms with Gasteiger partial charge in [0.15, 0.2) is 0 Å². The van der Waals surface area contributed by atoms with Crippen molar-refractivity contribution in [2.24, 2.45) is 0 Å². The second-order valence-electron chi connectivity index (χ2n) is 7.34. The monoisotopic (exact) mass is 508 g/mol. The number of alkyl halides is 3. The molecule has 0 fully saturated rings. The van der Waals surface area contributed by atoms with Crippen molar-refractivity contribution >= 4 is 33.0 Å². The minimum atomic E-state index is -4.30. The Morgan fingerprint density at radius 2 is 1.79 bits per heavy atom. The summed E-state index contributed by atoms with van der Waals surface area (Å²) in [4.78, 5) is 22.0. The van der Waals surface area contributed by atoms with Gasteiger partial charge in [-0.2, -0.15) is 13.2 Å². The molecule has 1 unspecified atom stereocenters. The van der Waals surface area contributed by atoms with E-state index in [2.05, 4.69) is 4.72 Å². The predicted molar refractivity (Wildman–Crippen MR) is 116 cm³/mol. The molecule has 0 saturated carbocycles. The third-order valence-electron chi connectivity index (χ3n) is 4.70. The molecule has 8 nitrogen and oxygen atoms in total. The molecule has 0 saturated heterocycles. The number of rotatable bonds is 13. The molecule has 13 heteroatoms. The quantitative estimate of drug-likeness (QED) is 0.217.